The van der Waals surface area contributed by atoms with Gasteiger partial charge in [-0.25, -0.2) is 0 Å². The maximum Gasteiger partial charge on any atom is 0.0545 e. The molecule has 1 N–H and O–H groups in total. The molecule has 0 unspecified atom stereocenters. The number of rotatable bonds is 5. The first kappa shape index (κ1) is 22.2. The minimum Gasteiger partial charge on any atom is -0.393 e. The number of fused-ring (bicyclic) bond motifs is 5. The predicted molar refractivity (Wildman–Crippen MR) is 124 cm³/mol. The average Bonchev–Trinajstić information content (AvgIpc) is 2.99. The van der Waals surface area contributed by atoms with Crippen LogP contribution in [0.2, 0.25) is 0 Å². The summed E-state index contributed by atoms with van der Waals surface area (Å²) in [5.41, 5.74) is 1.45. The Labute approximate surface area is 181 Å². The Morgan fingerprint density at radius 3 is 2.31 bits per heavy atom. The molecular weight excluding hydrogens is 352 g/mol. The van der Waals surface area contributed by atoms with Crippen molar-refractivity contribution in [2.24, 2.45) is 51.8 Å². The fourth-order valence-corrected chi connectivity index (χ4v) is 9.63. The molecule has 0 saturated heterocycles. The lowest BCUT2D eigenvalue weighted by Crippen LogP contribution is -2.58. The van der Waals surface area contributed by atoms with Crippen LogP contribution in [0.4, 0.5) is 0 Å². The number of hydrogen-bond donors (Lipinski definition) is 1. The average molecular weight is 403 g/mol. The topological polar surface area (TPSA) is 20.2 Å². The van der Waals surface area contributed by atoms with Crippen LogP contribution in [-0.4, -0.2) is 11.2 Å². The van der Waals surface area contributed by atoms with Crippen molar-refractivity contribution in [3.05, 3.63) is 0 Å². The van der Waals surface area contributed by atoms with Gasteiger partial charge in [0.25, 0.3) is 0 Å². The van der Waals surface area contributed by atoms with Crippen LogP contribution in [0.3, 0.4) is 0 Å². The van der Waals surface area contributed by atoms with Gasteiger partial charge in [-0.05, 0) is 110 Å². The van der Waals surface area contributed by atoms with Crippen molar-refractivity contribution in [2.75, 3.05) is 0 Å². The SMILES string of the molecule is CC(C)CCC[C@@H](C)[C@H]1CC[C@H]2[C@@H]3CC[C@@]4(C)C[C@@H](O)CC[C@]4(C)[C@H]3CC[C@]12C. The normalized spacial score (nSPS) is 50.7. The van der Waals surface area contributed by atoms with E-state index in [2.05, 4.69) is 41.5 Å². The minimum absolute atomic E-state index is 0.0407. The molecule has 1 nitrogen and oxygen atoms in total. The molecule has 4 rings (SSSR count). The van der Waals surface area contributed by atoms with Crippen LogP contribution in [0.1, 0.15) is 119 Å². The third-order valence-corrected chi connectivity index (χ3v) is 11.5. The molecule has 0 aromatic rings. The largest absolute Gasteiger partial charge is 0.393 e. The molecule has 0 spiro atoms. The molecule has 0 aromatic heterocycles. The molecular formula is C28H50O. The van der Waals surface area contributed by atoms with Crippen LogP contribution < -0.4 is 0 Å². The van der Waals surface area contributed by atoms with E-state index in [1.807, 2.05) is 0 Å². The summed E-state index contributed by atoms with van der Waals surface area (Å²) in [6.45, 7) is 15.2. The van der Waals surface area contributed by atoms with Gasteiger partial charge in [0, 0.05) is 0 Å². The lowest BCUT2D eigenvalue weighted by molar-refractivity contribution is -0.171. The number of aliphatic hydroxyl groups excluding tert-OH is 1. The fraction of sp³-hybridized carbons (Fsp3) is 1.00. The second-order valence-electron chi connectivity index (χ2n) is 13.3. The van der Waals surface area contributed by atoms with Crippen molar-refractivity contribution in [1.29, 1.82) is 0 Å². The van der Waals surface area contributed by atoms with Crippen molar-refractivity contribution >= 4 is 0 Å². The van der Waals surface area contributed by atoms with E-state index in [0.29, 0.717) is 16.2 Å². The zero-order chi connectivity index (χ0) is 21.0. The van der Waals surface area contributed by atoms with Crippen LogP contribution in [0.15, 0.2) is 0 Å². The standard InChI is InChI=1S/C28H50O/c1-19(2)8-7-9-20(3)23-10-11-24-22-13-15-26(4)18-21(29)12-17-28(26,6)25(22)14-16-27(23,24)5/h19-25,29H,7-18H2,1-6H3/t20-,21+,22+,23-,24+,25+,26+,27-,28-/m1/s1. The fourth-order valence-electron chi connectivity index (χ4n) is 9.63. The van der Waals surface area contributed by atoms with Gasteiger partial charge in [0.1, 0.15) is 0 Å². The molecule has 168 valence electrons. The summed E-state index contributed by atoms with van der Waals surface area (Å²) in [6.07, 6.45) is 16.4. The molecule has 9 atom stereocenters. The molecule has 0 heterocycles. The molecule has 0 amide bonds. The lowest BCUT2D eigenvalue weighted by Gasteiger charge is -2.65. The van der Waals surface area contributed by atoms with E-state index >= 15 is 0 Å². The summed E-state index contributed by atoms with van der Waals surface area (Å²) in [7, 11) is 0. The monoisotopic (exact) mass is 402 g/mol. The zero-order valence-electron chi connectivity index (χ0n) is 20.5. The Morgan fingerprint density at radius 2 is 1.59 bits per heavy atom. The summed E-state index contributed by atoms with van der Waals surface area (Å²) >= 11 is 0. The molecule has 4 aliphatic carbocycles. The first-order chi connectivity index (χ1) is 13.6. The van der Waals surface area contributed by atoms with Gasteiger partial charge in [-0.15, -0.1) is 0 Å². The molecule has 4 fully saturated rings. The zero-order valence-corrected chi connectivity index (χ0v) is 20.5. The van der Waals surface area contributed by atoms with E-state index in [9.17, 15) is 5.11 Å². The van der Waals surface area contributed by atoms with Crippen LogP contribution >= 0.6 is 0 Å². The molecule has 0 aliphatic heterocycles. The molecule has 0 aromatic carbocycles. The summed E-state index contributed by atoms with van der Waals surface area (Å²) in [5, 5.41) is 10.4. The van der Waals surface area contributed by atoms with Crippen molar-refractivity contribution < 1.29 is 5.11 Å². The Hall–Kier alpha value is -0.0400. The van der Waals surface area contributed by atoms with Gasteiger partial charge in [0.2, 0.25) is 0 Å². The summed E-state index contributed by atoms with van der Waals surface area (Å²) < 4.78 is 0. The third-order valence-electron chi connectivity index (χ3n) is 11.5. The van der Waals surface area contributed by atoms with E-state index in [-0.39, 0.29) is 6.10 Å². The quantitative estimate of drug-likeness (QED) is 0.496. The molecule has 1 heteroatoms. The van der Waals surface area contributed by atoms with Gasteiger partial charge in [-0.3, -0.25) is 0 Å². The van der Waals surface area contributed by atoms with E-state index in [1.165, 1.54) is 64.2 Å². The number of hydrogen-bond acceptors (Lipinski definition) is 1. The van der Waals surface area contributed by atoms with Gasteiger partial charge in [0.05, 0.1) is 6.10 Å². The molecule has 4 saturated carbocycles. The third kappa shape index (κ3) is 3.54. The van der Waals surface area contributed by atoms with Crippen LogP contribution in [-0.2, 0) is 0 Å². The Kier molecular flexibility index (Phi) is 5.98. The number of aliphatic hydroxyl groups is 1. The highest BCUT2D eigenvalue weighted by Gasteiger charge is 2.63. The van der Waals surface area contributed by atoms with Gasteiger partial charge in [-0.1, -0.05) is 60.8 Å². The van der Waals surface area contributed by atoms with Gasteiger partial charge >= 0.3 is 0 Å². The van der Waals surface area contributed by atoms with E-state index in [4.69, 9.17) is 0 Å². The maximum atomic E-state index is 10.4. The van der Waals surface area contributed by atoms with E-state index in [0.717, 1.165) is 48.3 Å². The maximum absolute atomic E-state index is 10.4. The molecule has 4 aliphatic rings. The van der Waals surface area contributed by atoms with Gasteiger partial charge in [-0.2, -0.15) is 0 Å². The molecule has 29 heavy (non-hydrogen) atoms. The van der Waals surface area contributed by atoms with E-state index < -0.39 is 0 Å². The van der Waals surface area contributed by atoms with Gasteiger partial charge < -0.3 is 5.11 Å². The smallest absolute Gasteiger partial charge is 0.0545 e. The van der Waals surface area contributed by atoms with Gasteiger partial charge in [0.15, 0.2) is 0 Å². The predicted octanol–water partition coefficient (Wildman–Crippen LogP) is 7.86. The van der Waals surface area contributed by atoms with E-state index in [1.54, 1.807) is 0 Å². The van der Waals surface area contributed by atoms with Crippen LogP contribution in [0, 0.1) is 51.8 Å². The van der Waals surface area contributed by atoms with Crippen molar-refractivity contribution in [3.8, 4) is 0 Å². The van der Waals surface area contributed by atoms with Crippen molar-refractivity contribution in [2.45, 2.75) is 125 Å². The van der Waals surface area contributed by atoms with Crippen LogP contribution in [0.25, 0.3) is 0 Å². The first-order valence-corrected chi connectivity index (χ1v) is 13.3. The molecule has 0 radical (unpaired) electrons. The molecule has 0 bridgehead atoms. The lowest BCUT2D eigenvalue weighted by atomic mass is 9.40. The highest BCUT2D eigenvalue weighted by molar-refractivity contribution is 5.12. The summed E-state index contributed by atoms with van der Waals surface area (Å²) in [4.78, 5) is 0. The Bertz CT molecular complexity index is 583. The Morgan fingerprint density at radius 1 is 0.828 bits per heavy atom. The highest BCUT2D eigenvalue weighted by Crippen LogP contribution is 2.71. The summed E-state index contributed by atoms with van der Waals surface area (Å²) in [6, 6.07) is 0. The second kappa shape index (κ2) is 7.83. The first-order valence-electron chi connectivity index (χ1n) is 13.3. The van der Waals surface area contributed by atoms with Crippen molar-refractivity contribution in [1.82, 2.24) is 0 Å². The minimum atomic E-state index is -0.0407. The summed E-state index contributed by atoms with van der Waals surface area (Å²) in [5.74, 6) is 5.60. The van der Waals surface area contributed by atoms with Crippen LogP contribution in [0.5, 0.6) is 0 Å². The van der Waals surface area contributed by atoms with Crippen molar-refractivity contribution in [3.63, 3.8) is 0 Å². The second-order valence-corrected chi connectivity index (χ2v) is 13.3. The Balaban J connectivity index is 1.49. The highest BCUT2D eigenvalue weighted by atomic mass is 16.3.